The van der Waals surface area contributed by atoms with Crippen molar-refractivity contribution >= 4 is 24.3 Å². The van der Waals surface area contributed by atoms with E-state index in [2.05, 4.69) is 4.90 Å². The van der Waals surface area contributed by atoms with E-state index in [9.17, 15) is 14.7 Å². The van der Waals surface area contributed by atoms with E-state index >= 15 is 0 Å². The summed E-state index contributed by atoms with van der Waals surface area (Å²) in [6, 6.07) is 2.98. The van der Waals surface area contributed by atoms with Crippen molar-refractivity contribution in [3.63, 3.8) is 0 Å². The quantitative estimate of drug-likeness (QED) is 0.582. The lowest BCUT2D eigenvalue weighted by Crippen LogP contribution is -2.74. The van der Waals surface area contributed by atoms with Crippen molar-refractivity contribution in [1.82, 2.24) is 4.90 Å². The van der Waals surface area contributed by atoms with Crippen LogP contribution in [-0.4, -0.2) is 72.5 Å². The number of likely N-dealkylation sites (N-methyl/N-ethyl adjacent to an activating group) is 1. The average molecular weight is 495 g/mol. The van der Waals surface area contributed by atoms with Crippen LogP contribution in [0.4, 0.5) is 0 Å². The van der Waals surface area contributed by atoms with E-state index in [0.29, 0.717) is 36.5 Å². The third-order valence-corrected chi connectivity index (χ3v) is 7.77. The molecule has 0 aromatic heterocycles. The van der Waals surface area contributed by atoms with E-state index < -0.39 is 41.2 Å². The topological polar surface area (TPSA) is 121 Å². The number of carbonyl (C=O) groups excluding carboxylic acids is 2. The van der Waals surface area contributed by atoms with Gasteiger partial charge in [0.2, 0.25) is 0 Å². The molecular formula is C24H31ClN2O7. The van der Waals surface area contributed by atoms with E-state index in [0.717, 1.165) is 17.7 Å². The summed E-state index contributed by atoms with van der Waals surface area (Å²) in [7, 11) is 3.61. The van der Waals surface area contributed by atoms with E-state index in [4.69, 9.17) is 24.7 Å². The number of carbonyl (C=O) groups is 2. The Hall–Kier alpha value is -2.33. The molecule has 2 bridgehead atoms. The highest BCUT2D eigenvalue weighted by Gasteiger charge is 2.72. The van der Waals surface area contributed by atoms with Gasteiger partial charge in [0.05, 0.1) is 18.1 Å². The number of rotatable bonds is 5. The molecule has 1 spiro atoms. The number of piperidine rings is 1. The molecule has 3 N–H and O–H groups in total. The number of ether oxygens (including phenoxy) is 4. The first-order valence-corrected chi connectivity index (χ1v) is 11.3. The standard InChI is InChI=1S/C24H30N2O7.ClH/c1-12(25)21(27)31-13(2)22(28)32-16-7-8-24(29)17-11-14-5-6-15(30-4)19-18(14)23(24,20(16)33-19)9-10-26(17)3;/h5-7,12-13,17,20,29H,8-11,25H2,1-4H3;1H. The molecule has 5 rings (SSSR count). The normalized spacial score (nSPS) is 32.2. The number of nitrogens with zero attached hydrogens (tertiary/aromatic N) is 1. The van der Waals surface area contributed by atoms with Crippen molar-refractivity contribution in [2.75, 3.05) is 20.7 Å². The first-order chi connectivity index (χ1) is 15.6. The molecule has 6 unspecified atom stereocenters. The smallest absolute Gasteiger partial charge is 0.352 e. The maximum absolute atomic E-state index is 12.8. The van der Waals surface area contributed by atoms with E-state index in [1.54, 1.807) is 13.2 Å². The summed E-state index contributed by atoms with van der Waals surface area (Å²) in [5.41, 5.74) is 5.75. The molecule has 0 saturated carbocycles. The molecule has 2 heterocycles. The molecule has 10 heteroatoms. The van der Waals surface area contributed by atoms with Gasteiger partial charge in [-0.1, -0.05) is 6.07 Å². The Kier molecular flexibility index (Phi) is 6.13. The number of halogens is 1. The van der Waals surface area contributed by atoms with Crippen molar-refractivity contribution < 1.29 is 33.6 Å². The Morgan fingerprint density at radius 2 is 2.03 bits per heavy atom. The number of esters is 2. The van der Waals surface area contributed by atoms with Crippen LogP contribution in [0.2, 0.25) is 0 Å². The van der Waals surface area contributed by atoms with E-state index in [1.807, 2.05) is 19.2 Å². The lowest BCUT2D eigenvalue weighted by molar-refractivity contribution is -0.175. The summed E-state index contributed by atoms with van der Waals surface area (Å²) in [4.78, 5) is 26.8. The van der Waals surface area contributed by atoms with Crippen LogP contribution in [0.25, 0.3) is 0 Å². The Balaban J connectivity index is 0.00000274. The first-order valence-electron chi connectivity index (χ1n) is 11.3. The van der Waals surface area contributed by atoms with Gasteiger partial charge in [0, 0.05) is 18.0 Å². The van der Waals surface area contributed by atoms with Gasteiger partial charge in [0.1, 0.15) is 11.8 Å². The van der Waals surface area contributed by atoms with Crippen molar-refractivity contribution in [3.05, 3.63) is 35.1 Å². The number of methoxy groups -OCH3 is 1. The average Bonchev–Trinajstić information content (AvgIpc) is 3.13. The zero-order valence-corrected chi connectivity index (χ0v) is 20.5. The van der Waals surface area contributed by atoms with Gasteiger partial charge in [0.25, 0.3) is 0 Å². The fourth-order valence-electron chi connectivity index (χ4n) is 6.12. The number of likely N-dealkylation sites (tertiary alicyclic amines) is 1. The predicted molar refractivity (Wildman–Crippen MR) is 124 cm³/mol. The summed E-state index contributed by atoms with van der Waals surface area (Å²) >= 11 is 0. The minimum atomic E-state index is -1.13. The third-order valence-electron chi connectivity index (χ3n) is 7.77. The molecule has 2 aliphatic heterocycles. The fraction of sp³-hybridized carbons (Fsp3) is 0.583. The Bertz CT molecular complexity index is 1060. The van der Waals surface area contributed by atoms with Crippen molar-refractivity contribution in [2.45, 2.75) is 68.4 Å². The molecule has 0 radical (unpaired) electrons. The minimum Gasteiger partial charge on any atom is -0.493 e. The van der Waals surface area contributed by atoms with Crippen LogP contribution in [0.5, 0.6) is 11.5 Å². The van der Waals surface area contributed by atoms with Crippen molar-refractivity contribution in [2.24, 2.45) is 5.73 Å². The molecule has 9 nitrogen and oxygen atoms in total. The van der Waals surface area contributed by atoms with Gasteiger partial charge in [-0.2, -0.15) is 0 Å². The largest absolute Gasteiger partial charge is 0.493 e. The van der Waals surface area contributed by atoms with Crippen LogP contribution >= 0.6 is 12.4 Å². The molecule has 34 heavy (non-hydrogen) atoms. The van der Waals surface area contributed by atoms with Gasteiger partial charge in [-0.3, -0.25) is 4.79 Å². The first kappa shape index (κ1) is 24.8. The Morgan fingerprint density at radius 1 is 1.29 bits per heavy atom. The maximum Gasteiger partial charge on any atom is 0.352 e. The molecule has 186 valence electrons. The molecule has 4 aliphatic rings. The van der Waals surface area contributed by atoms with Gasteiger partial charge in [-0.05, 0) is 58.0 Å². The van der Waals surface area contributed by atoms with Crippen molar-refractivity contribution in [3.8, 4) is 11.5 Å². The zero-order valence-electron chi connectivity index (χ0n) is 19.7. The highest BCUT2D eigenvalue weighted by molar-refractivity contribution is 5.85. The monoisotopic (exact) mass is 494 g/mol. The van der Waals surface area contributed by atoms with Crippen LogP contribution in [0, 0.1) is 0 Å². The van der Waals surface area contributed by atoms with E-state index in [1.165, 1.54) is 13.8 Å². The molecule has 1 aromatic carbocycles. The van der Waals surface area contributed by atoms with Crippen LogP contribution in [0.1, 0.15) is 37.8 Å². The Labute approximate surface area is 204 Å². The van der Waals surface area contributed by atoms with Gasteiger partial charge in [0.15, 0.2) is 23.7 Å². The number of hydrogen-bond donors (Lipinski definition) is 2. The zero-order chi connectivity index (χ0) is 23.7. The number of hydrogen-bond acceptors (Lipinski definition) is 9. The van der Waals surface area contributed by atoms with Crippen LogP contribution < -0.4 is 15.2 Å². The molecule has 1 aromatic rings. The van der Waals surface area contributed by atoms with Crippen LogP contribution in [-0.2, 0) is 30.9 Å². The Morgan fingerprint density at radius 3 is 2.71 bits per heavy atom. The summed E-state index contributed by atoms with van der Waals surface area (Å²) in [6.07, 6.45) is 1.56. The van der Waals surface area contributed by atoms with Crippen LogP contribution in [0.3, 0.4) is 0 Å². The predicted octanol–water partition coefficient (Wildman–Crippen LogP) is 1.22. The number of aliphatic hydroxyl groups is 1. The molecular weight excluding hydrogens is 464 g/mol. The van der Waals surface area contributed by atoms with Gasteiger partial charge in [-0.25, -0.2) is 4.79 Å². The second-order valence-corrected chi connectivity index (χ2v) is 9.57. The molecule has 1 saturated heterocycles. The maximum atomic E-state index is 12.8. The lowest BCUT2D eigenvalue weighted by atomic mass is 9.50. The lowest BCUT2D eigenvalue weighted by Gasteiger charge is -2.61. The number of benzene rings is 1. The molecule has 1 fully saturated rings. The van der Waals surface area contributed by atoms with E-state index in [-0.39, 0.29) is 18.4 Å². The van der Waals surface area contributed by atoms with Gasteiger partial charge < -0.3 is 34.7 Å². The second-order valence-electron chi connectivity index (χ2n) is 9.57. The molecule has 6 atom stereocenters. The molecule has 0 amide bonds. The summed E-state index contributed by atoms with van der Waals surface area (Å²) < 4.78 is 22.9. The summed E-state index contributed by atoms with van der Waals surface area (Å²) in [6.45, 7) is 3.70. The van der Waals surface area contributed by atoms with Crippen LogP contribution in [0.15, 0.2) is 24.0 Å². The summed E-state index contributed by atoms with van der Waals surface area (Å²) in [5.74, 6) is 0.102. The highest BCUT2D eigenvalue weighted by atomic mass is 35.5. The summed E-state index contributed by atoms with van der Waals surface area (Å²) in [5, 5.41) is 12.2. The minimum absolute atomic E-state index is 0. The highest BCUT2D eigenvalue weighted by Crippen LogP contribution is 2.65. The third kappa shape index (κ3) is 3.17. The second kappa shape index (κ2) is 8.41. The fourth-order valence-corrected chi connectivity index (χ4v) is 6.12. The van der Waals surface area contributed by atoms with Gasteiger partial charge >= 0.3 is 11.9 Å². The molecule has 2 aliphatic carbocycles. The van der Waals surface area contributed by atoms with Crippen molar-refractivity contribution in [1.29, 1.82) is 0 Å². The number of nitrogens with two attached hydrogens (primary N) is 1. The van der Waals surface area contributed by atoms with Gasteiger partial charge in [-0.15, -0.1) is 12.4 Å². The SMILES string of the molecule is COc1ccc2c3c1OC1C(OC(=O)C(C)OC(=O)C(C)N)=CCC4(O)C(C2)N(C)CCC314.Cl.